The molecular formula is C22H19NOS. The number of para-hydroxylation sites is 1. The summed E-state index contributed by atoms with van der Waals surface area (Å²) < 4.78 is 5.94. The average Bonchev–Trinajstić information content (AvgIpc) is 2.65. The van der Waals surface area contributed by atoms with E-state index in [0.717, 1.165) is 11.4 Å². The van der Waals surface area contributed by atoms with E-state index in [1.807, 2.05) is 84.3 Å². The molecule has 0 unspecified atom stereocenters. The molecule has 25 heavy (non-hydrogen) atoms. The maximum atomic E-state index is 5.94. The summed E-state index contributed by atoms with van der Waals surface area (Å²) in [6, 6.07) is 28.0. The van der Waals surface area contributed by atoms with Gasteiger partial charge in [-0.1, -0.05) is 65.9 Å². The Balaban J connectivity index is 1.79. The smallest absolute Gasteiger partial charge is 0.220 e. The first-order valence-corrected chi connectivity index (χ1v) is 8.94. The maximum absolute atomic E-state index is 5.94. The zero-order valence-electron chi connectivity index (χ0n) is 14.0. The van der Waals surface area contributed by atoms with Gasteiger partial charge in [-0.3, -0.25) is 0 Å². The van der Waals surface area contributed by atoms with Gasteiger partial charge in [-0.2, -0.15) is 0 Å². The van der Waals surface area contributed by atoms with Crippen LogP contribution in [0, 0.1) is 6.92 Å². The highest BCUT2D eigenvalue weighted by atomic mass is 32.2. The van der Waals surface area contributed by atoms with Gasteiger partial charge in [-0.25, -0.2) is 4.99 Å². The van der Waals surface area contributed by atoms with E-state index in [4.69, 9.17) is 4.74 Å². The fourth-order valence-electron chi connectivity index (χ4n) is 2.12. The van der Waals surface area contributed by atoms with Gasteiger partial charge in [-0.15, -0.1) is 0 Å². The van der Waals surface area contributed by atoms with Gasteiger partial charge in [-0.05, 0) is 48.7 Å². The second kappa shape index (κ2) is 8.90. The van der Waals surface area contributed by atoms with Gasteiger partial charge < -0.3 is 4.74 Å². The van der Waals surface area contributed by atoms with Crippen molar-refractivity contribution in [2.45, 2.75) is 11.8 Å². The van der Waals surface area contributed by atoms with E-state index in [0.29, 0.717) is 5.90 Å². The number of rotatable bonds is 5. The van der Waals surface area contributed by atoms with Gasteiger partial charge in [0.2, 0.25) is 5.90 Å². The van der Waals surface area contributed by atoms with Crippen molar-refractivity contribution < 1.29 is 4.74 Å². The minimum atomic E-state index is 0.554. The van der Waals surface area contributed by atoms with Gasteiger partial charge in [0.25, 0.3) is 0 Å². The minimum Gasteiger partial charge on any atom is -0.439 e. The lowest BCUT2D eigenvalue weighted by Crippen LogP contribution is -2.04. The Morgan fingerprint density at radius 1 is 0.840 bits per heavy atom. The van der Waals surface area contributed by atoms with E-state index < -0.39 is 0 Å². The van der Waals surface area contributed by atoms with Crippen LogP contribution in [0.5, 0.6) is 5.75 Å². The molecule has 0 saturated carbocycles. The van der Waals surface area contributed by atoms with Crippen LogP contribution in [-0.2, 0) is 0 Å². The largest absolute Gasteiger partial charge is 0.439 e. The topological polar surface area (TPSA) is 21.6 Å². The normalized spacial score (nSPS) is 11.6. The summed E-state index contributed by atoms with van der Waals surface area (Å²) in [5, 5.41) is 1.99. The van der Waals surface area contributed by atoms with Crippen LogP contribution in [0.2, 0.25) is 0 Å². The lowest BCUT2D eigenvalue weighted by Gasteiger charge is -2.06. The second-order valence-electron chi connectivity index (χ2n) is 5.43. The van der Waals surface area contributed by atoms with Gasteiger partial charge in [0.05, 0.1) is 5.69 Å². The van der Waals surface area contributed by atoms with Crippen molar-refractivity contribution in [1.82, 2.24) is 0 Å². The lowest BCUT2D eigenvalue weighted by atomic mass is 10.2. The highest BCUT2D eigenvalue weighted by Gasteiger charge is 2.00. The molecule has 3 aromatic rings. The van der Waals surface area contributed by atoms with Crippen molar-refractivity contribution in [3.05, 3.63) is 102 Å². The summed E-state index contributed by atoms with van der Waals surface area (Å²) in [6.45, 7) is 2.06. The standard InChI is InChI=1S/C22H19NOS/c1-18-12-14-19(15-13-18)23-22(24-20-8-4-2-5-9-20)16-17-25-21-10-6-3-7-11-21/h2-17H,1H3. The summed E-state index contributed by atoms with van der Waals surface area (Å²) in [7, 11) is 0. The van der Waals surface area contributed by atoms with Gasteiger partial charge >= 0.3 is 0 Å². The first-order chi connectivity index (χ1) is 12.3. The molecule has 0 atom stereocenters. The molecule has 0 saturated heterocycles. The molecule has 0 aromatic heterocycles. The summed E-state index contributed by atoms with van der Waals surface area (Å²) in [5.41, 5.74) is 2.07. The summed E-state index contributed by atoms with van der Waals surface area (Å²) in [4.78, 5) is 5.79. The molecule has 3 rings (SSSR count). The van der Waals surface area contributed by atoms with Crippen LogP contribution in [0.4, 0.5) is 5.69 Å². The lowest BCUT2D eigenvalue weighted by molar-refractivity contribution is 0.556. The number of ether oxygens (including phenoxy) is 1. The summed E-state index contributed by atoms with van der Waals surface area (Å²) in [5.74, 6) is 1.32. The van der Waals surface area contributed by atoms with E-state index in [1.165, 1.54) is 10.5 Å². The molecule has 0 N–H and O–H groups in total. The zero-order valence-corrected chi connectivity index (χ0v) is 14.8. The SMILES string of the molecule is Cc1ccc(N=C(C=CSc2ccccc2)Oc2ccccc2)cc1. The first-order valence-electron chi connectivity index (χ1n) is 8.06. The number of aliphatic imine (C=N–C) groups is 1. The van der Waals surface area contributed by atoms with Crippen molar-refractivity contribution in [3.8, 4) is 5.75 Å². The molecule has 0 bridgehead atoms. The number of benzene rings is 3. The van der Waals surface area contributed by atoms with Crippen LogP contribution < -0.4 is 4.74 Å². The molecule has 0 radical (unpaired) electrons. The van der Waals surface area contributed by atoms with Crippen molar-refractivity contribution in [2.24, 2.45) is 4.99 Å². The molecule has 0 fully saturated rings. The van der Waals surface area contributed by atoms with Crippen molar-refractivity contribution in [2.75, 3.05) is 0 Å². The molecule has 3 aromatic carbocycles. The number of thioether (sulfide) groups is 1. The highest BCUT2D eigenvalue weighted by molar-refractivity contribution is 8.02. The van der Waals surface area contributed by atoms with Crippen molar-refractivity contribution in [1.29, 1.82) is 0 Å². The van der Waals surface area contributed by atoms with Gasteiger partial charge in [0.1, 0.15) is 5.75 Å². The fraction of sp³-hybridized carbons (Fsp3) is 0.0455. The van der Waals surface area contributed by atoms with Crippen LogP contribution >= 0.6 is 11.8 Å². The molecule has 0 amide bonds. The molecule has 0 heterocycles. The number of aryl methyl sites for hydroxylation is 1. The summed E-state index contributed by atoms with van der Waals surface area (Å²) >= 11 is 1.63. The molecule has 0 aliphatic heterocycles. The Labute approximate surface area is 152 Å². The van der Waals surface area contributed by atoms with Crippen LogP contribution in [-0.4, -0.2) is 5.90 Å². The van der Waals surface area contributed by atoms with E-state index in [2.05, 4.69) is 24.0 Å². The Kier molecular flexibility index (Phi) is 6.07. The molecule has 0 aliphatic carbocycles. The number of hydrogen-bond donors (Lipinski definition) is 0. The molecular weight excluding hydrogens is 326 g/mol. The second-order valence-corrected chi connectivity index (χ2v) is 6.41. The monoisotopic (exact) mass is 345 g/mol. The van der Waals surface area contributed by atoms with Gasteiger partial charge in [0, 0.05) is 11.0 Å². The predicted molar refractivity (Wildman–Crippen MR) is 107 cm³/mol. The van der Waals surface area contributed by atoms with Crippen LogP contribution in [0.15, 0.2) is 106 Å². The molecule has 124 valence electrons. The zero-order chi connectivity index (χ0) is 17.3. The van der Waals surface area contributed by atoms with E-state index >= 15 is 0 Å². The van der Waals surface area contributed by atoms with Crippen LogP contribution in [0.3, 0.4) is 0 Å². The number of nitrogens with zero attached hydrogens (tertiary/aromatic N) is 1. The average molecular weight is 345 g/mol. The third-order valence-corrected chi connectivity index (χ3v) is 4.21. The third kappa shape index (κ3) is 5.66. The molecule has 0 spiro atoms. The third-order valence-electron chi connectivity index (χ3n) is 3.40. The summed E-state index contributed by atoms with van der Waals surface area (Å²) in [6.07, 6.45) is 1.89. The Bertz CT molecular complexity index is 840. The van der Waals surface area contributed by atoms with Crippen LogP contribution in [0.25, 0.3) is 0 Å². The van der Waals surface area contributed by atoms with E-state index in [1.54, 1.807) is 11.8 Å². The molecule has 3 heteroatoms. The maximum Gasteiger partial charge on any atom is 0.220 e. The molecule has 0 aliphatic rings. The highest BCUT2D eigenvalue weighted by Crippen LogP contribution is 2.20. The number of hydrogen-bond acceptors (Lipinski definition) is 3. The van der Waals surface area contributed by atoms with E-state index in [9.17, 15) is 0 Å². The first kappa shape index (κ1) is 17.1. The predicted octanol–water partition coefficient (Wildman–Crippen LogP) is 6.41. The Hall–Kier alpha value is -2.78. The quantitative estimate of drug-likeness (QED) is 0.303. The van der Waals surface area contributed by atoms with Crippen LogP contribution in [0.1, 0.15) is 5.56 Å². The Morgan fingerprint density at radius 3 is 2.16 bits per heavy atom. The van der Waals surface area contributed by atoms with E-state index in [-0.39, 0.29) is 0 Å². The van der Waals surface area contributed by atoms with Crippen molar-refractivity contribution in [3.63, 3.8) is 0 Å². The fourth-order valence-corrected chi connectivity index (χ4v) is 2.78. The minimum absolute atomic E-state index is 0.554. The molecule has 2 nitrogen and oxygen atoms in total. The Morgan fingerprint density at radius 2 is 1.48 bits per heavy atom. The van der Waals surface area contributed by atoms with Gasteiger partial charge in [0.15, 0.2) is 0 Å². The van der Waals surface area contributed by atoms with Crippen molar-refractivity contribution >= 4 is 23.3 Å².